The molecule has 8 nitrogen and oxygen atoms in total. The number of piperazine rings is 1. The van der Waals surface area contributed by atoms with Crippen LogP contribution in [0.15, 0.2) is 42.1 Å². The first-order chi connectivity index (χ1) is 23.5. The standard InChI is InChI=1S/C37H36F4N6O2/c1-4-25-28(38)7-6-21-12-24(48)13-26(29(21)25)31-30(39)32-27(15-42-31)34(46-17-23-8-10-37(18-46,45-23)20(2)3)44-35(43-32)49-19-36-9-5-11-47(36)16-22(14-36)33(40)41/h1,6-7,12-13,15,20,23,45,48H,5,8-11,14,16-19H2,2-3H3/t23?,36-,37?/m0/s1. The van der Waals surface area contributed by atoms with Crippen molar-refractivity contribution in [2.75, 3.05) is 37.7 Å². The van der Waals surface area contributed by atoms with Crippen LogP contribution < -0.4 is 15.0 Å². The Hall–Kier alpha value is -4.47. The highest BCUT2D eigenvalue weighted by atomic mass is 19.3. The first kappa shape index (κ1) is 31.8. The van der Waals surface area contributed by atoms with E-state index in [1.165, 1.54) is 30.5 Å². The van der Waals surface area contributed by atoms with Crippen molar-refractivity contribution in [3.63, 3.8) is 0 Å². The zero-order valence-corrected chi connectivity index (χ0v) is 27.3. The average Bonchev–Trinajstić information content (AvgIpc) is 3.74. The number of pyridine rings is 1. The first-order valence-electron chi connectivity index (χ1n) is 16.7. The van der Waals surface area contributed by atoms with Crippen molar-refractivity contribution in [3.8, 4) is 35.4 Å². The van der Waals surface area contributed by atoms with E-state index in [2.05, 4.69) is 40.0 Å². The summed E-state index contributed by atoms with van der Waals surface area (Å²) in [5.74, 6) is 1.51. The molecular weight excluding hydrogens is 636 g/mol. The monoisotopic (exact) mass is 672 g/mol. The van der Waals surface area contributed by atoms with Gasteiger partial charge < -0.3 is 20.1 Å². The van der Waals surface area contributed by atoms with Crippen molar-refractivity contribution in [1.82, 2.24) is 25.2 Å². The van der Waals surface area contributed by atoms with Crippen LogP contribution in [0.1, 0.15) is 51.5 Å². The van der Waals surface area contributed by atoms with Crippen molar-refractivity contribution in [2.45, 2.75) is 63.1 Å². The zero-order valence-electron chi connectivity index (χ0n) is 27.3. The molecule has 2 aromatic carbocycles. The Bertz CT molecular complexity index is 2100. The molecule has 2 aromatic heterocycles. The number of aromatic nitrogens is 3. The number of aromatic hydroxyl groups is 1. The largest absolute Gasteiger partial charge is 0.508 e. The number of terminal acetylenes is 1. The van der Waals surface area contributed by atoms with Crippen LogP contribution in [0.3, 0.4) is 0 Å². The van der Waals surface area contributed by atoms with E-state index in [0.717, 1.165) is 19.3 Å². The summed E-state index contributed by atoms with van der Waals surface area (Å²) in [5, 5.41) is 15.4. The minimum Gasteiger partial charge on any atom is -0.508 e. The van der Waals surface area contributed by atoms with Crippen LogP contribution in [0.5, 0.6) is 11.8 Å². The van der Waals surface area contributed by atoms with E-state index in [0.29, 0.717) is 48.6 Å². The Morgan fingerprint density at radius 3 is 2.82 bits per heavy atom. The number of rotatable bonds is 6. The van der Waals surface area contributed by atoms with Crippen LogP contribution in [-0.4, -0.2) is 74.9 Å². The van der Waals surface area contributed by atoms with E-state index in [4.69, 9.17) is 16.1 Å². The predicted octanol–water partition coefficient (Wildman–Crippen LogP) is 6.54. The second kappa shape index (κ2) is 11.6. The molecule has 6 heterocycles. The van der Waals surface area contributed by atoms with E-state index >= 15 is 4.39 Å². The minimum atomic E-state index is -1.65. The number of benzene rings is 2. The Kier molecular flexibility index (Phi) is 7.50. The van der Waals surface area contributed by atoms with Gasteiger partial charge in [-0.15, -0.1) is 6.42 Å². The molecular formula is C37H36F4N6O2. The number of anilines is 1. The third-order valence-electron chi connectivity index (χ3n) is 11.2. The van der Waals surface area contributed by atoms with Crippen LogP contribution in [0.2, 0.25) is 0 Å². The molecule has 4 aromatic rings. The summed E-state index contributed by atoms with van der Waals surface area (Å²) >= 11 is 0. The van der Waals surface area contributed by atoms with Crippen molar-refractivity contribution in [1.29, 1.82) is 0 Å². The number of fused-ring (bicyclic) bond motifs is 5. The van der Waals surface area contributed by atoms with Gasteiger partial charge in [-0.2, -0.15) is 18.7 Å². The molecule has 0 saturated carbocycles. The van der Waals surface area contributed by atoms with Crippen LogP contribution in [0.4, 0.5) is 23.4 Å². The molecule has 0 aliphatic carbocycles. The van der Waals surface area contributed by atoms with Crippen molar-refractivity contribution in [3.05, 3.63) is 59.3 Å². The summed E-state index contributed by atoms with van der Waals surface area (Å²) in [7, 11) is 0. The van der Waals surface area contributed by atoms with Gasteiger partial charge in [0.1, 0.15) is 35.2 Å². The lowest BCUT2D eigenvalue weighted by molar-refractivity contribution is 0.108. The van der Waals surface area contributed by atoms with Crippen LogP contribution >= 0.6 is 0 Å². The van der Waals surface area contributed by atoms with E-state index in [-0.39, 0.29) is 76.2 Å². The molecule has 3 atom stereocenters. The molecule has 254 valence electrons. The molecule has 8 rings (SSSR count). The maximum absolute atomic E-state index is 17.0. The minimum absolute atomic E-state index is 0.0628. The van der Waals surface area contributed by atoms with E-state index in [9.17, 15) is 18.3 Å². The third-order valence-corrected chi connectivity index (χ3v) is 11.2. The number of hydrogen-bond donors (Lipinski definition) is 2. The molecule has 0 radical (unpaired) electrons. The fourth-order valence-electron chi connectivity index (χ4n) is 8.65. The summed E-state index contributed by atoms with van der Waals surface area (Å²) in [4.78, 5) is 18.1. The Morgan fingerprint density at radius 1 is 1.20 bits per heavy atom. The van der Waals surface area contributed by atoms with E-state index in [1.54, 1.807) is 0 Å². The Balaban J connectivity index is 1.28. The number of phenolic OH excluding ortho intramolecular Hbond substituents is 1. The number of hydrogen-bond acceptors (Lipinski definition) is 8. The summed E-state index contributed by atoms with van der Waals surface area (Å²) in [6, 6.07) is 5.55. The van der Waals surface area contributed by atoms with Crippen molar-refractivity contribution in [2.24, 2.45) is 5.92 Å². The molecule has 4 aliphatic heterocycles. The molecule has 0 amide bonds. The van der Waals surface area contributed by atoms with Crippen LogP contribution in [0, 0.1) is 29.9 Å². The molecule has 4 saturated heterocycles. The topological polar surface area (TPSA) is 86.6 Å². The highest BCUT2D eigenvalue weighted by Gasteiger charge is 2.49. The van der Waals surface area contributed by atoms with Gasteiger partial charge in [-0.1, -0.05) is 25.8 Å². The molecule has 2 N–H and O–H groups in total. The highest BCUT2D eigenvalue weighted by molar-refractivity contribution is 6.03. The lowest BCUT2D eigenvalue weighted by Gasteiger charge is -2.44. The lowest BCUT2D eigenvalue weighted by atomic mass is 9.84. The third kappa shape index (κ3) is 5.08. The zero-order chi connectivity index (χ0) is 34.2. The SMILES string of the molecule is C#Cc1c(F)ccc2cc(O)cc(-c3ncc4c(N5CC6CCC(C(C)C)(C5)N6)nc(OC[C@@]56CCCN5CC(=C(F)F)C6)nc4c3F)c12. The average molecular weight is 673 g/mol. The fourth-order valence-corrected chi connectivity index (χ4v) is 8.65. The van der Waals surface area contributed by atoms with E-state index < -0.39 is 23.3 Å². The first-order valence-corrected chi connectivity index (χ1v) is 16.7. The highest BCUT2D eigenvalue weighted by Crippen LogP contribution is 2.44. The number of halogens is 4. The normalized spacial score (nSPS) is 25.1. The van der Waals surface area contributed by atoms with Gasteiger partial charge in [-0.05, 0) is 68.2 Å². The van der Waals surface area contributed by atoms with Crippen molar-refractivity contribution < 1.29 is 27.4 Å². The summed E-state index contributed by atoms with van der Waals surface area (Å²) < 4.78 is 65.5. The van der Waals surface area contributed by atoms with Gasteiger partial charge in [0.15, 0.2) is 5.82 Å². The predicted molar refractivity (Wildman–Crippen MR) is 179 cm³/mol. The number of phenols is 1. The summed E-state index contributed by atoms with van der Waals surface area (Å²) in [6.07, 6.45) is 9.26. The molecule has 49 heavy (non-hydrogen) atoms. The second-order valence-electron chi connectivity index (χ2n) is 14.3. The van der Waals surface area contributed by atoms with Crippen LogP contribution in [0.25, 0.3) is 32.9 Å². The van der Waals surface area contributed by atoms with Gasteiger partial charge in [0.05, 0.1) is 16.5 Å². The van der Waals surface area contributed by atoms with Gasteiger partial charge in [0, 0.05) is 53.9 Å². The van der Waals surface area contributed by atoms with Gasteiger partial charge in [-0.25, -0.2) is 8.78 Å². The molecule has 2 unspecified atom stereocenters. The molecule has 0 spiro atoms. The van der Waals surface area contributed by atoms with E-state index in [1.807, 2.05) is 4.90 Å². The lowest BCUT2D eigenvalue weighted by Crippen LogP contribution is -2.62. The Labute approximate surface area is 281 Å². The number of nitrogens with zero attached hydrogens (tertiary/aromatic N) is 5. The smallest absolute Gasteiger partial charge is 0.319 e. The molecule has 4 aliphatic rings. The summed E-state index contributed by atoms with van der Waals surface area (Å²) in [5.41, 5.74) is -0.863. The quantitative estimate of drug-likeness (QED) is 0.176. The maximum atomic E-state index is 17.0. The molecule has 12 heteroatoms. The summed E-state index contributed by atoms with van der Waals surface area (Å²) in [6.45, 7) is 6.57. The Morgan fingerprint density at radius 2 is 2.04 bits per heavy atom. The van der Waals surface area contributed by atoms with Gasteiger partial charge in [0.25, 0.3) is 6.08 Å². The molecule has 2 bridgehead atoms. The van der Waals surface area contributed by atoms with Crippen molar-refractivity contribution >= 4 is 27.5 Å². The van der Waals surface area contributed by atoms with Gasteiger partial charge in [0.2, 0.25) is 0 Å². The second-order valence-corrected chi connectivity index (χ2v) is 14.3. The number of nitrogens with one attached hydrogen (secondary N) is 1. The number of ether oxygens (including phenoxy) is 1. The van der Waals surface area contributed by atoms with Gasteiger partial charge in [-0.3, -0.25) is 9.88 Å². The fraction of sp³-hybridized carbons (Fsp3) is 0.432. The molecule has 4 fully saturated rings. The maximum Gasteiger partial charge on any atom is 0.319 e. The van der Waals surface area contributed by atoms with Crippen LogP contribution in [-0.2, 0) is 0 Å². The van der Waals surface area contributed by atoms with Gasteiger partial charge >= 0.3 is 6.01 Å².